The summed E-state index contributed by atoms with van der Waals surface area (Å²) in [6.07, 6.45) is 2.44. The Hall–Kier alpha value is -2.30. The second kappa shape index (κ2) is 6.23. The number of nitrogens with zero attached hydrogens (tertiary/aromatic N) is 2. The molecule has 0 aliphatic carbocycles. The molecule has 0 aliphatic heterocycles. The van der Waals surface area contributed by atoms with Crippen molar-refractivity contribution in [2.24, 2.45) is 0 Å². The quantitative estimate of drug-likeness (QED) is 0.874. The molecular weight excluding hydrogens is 252 g/mol. The molecule has 2 rings (SSSR count). The highest BCUT2D eigenvalue weighted by molar-refractivity contribution is 5.72. The van der Waals surface area contributed by atoms with Gasteiger partial charge in [0.1, 0.15) is 12.0 Å². The van der Waals surface area contributed by atoms with E-state index in [-0.39, 0.29) is 6.10 Å². The fourth-order valence-electron chi connectivity index (χ4n) is 1.80. The number of hydrogen-bond acceptors (Lipinski definition) is 5. The maximum Gasteiger partial charge on any atom is 0.242 e. The number of aromatic nitrogens is 2. The lowest BCUT2D eigenvalue weighted by atomic mass is 10.1. The highest BCUT2D eigenvalue weighted by Gasteiger charge is 2.10. The zero-order chi connectivity index (χ0) is 14.5. The zero-order valence-corrected chi connectivity index (χ0v) is 12.1. The van der Waals surface area contributed by atoms with E-state index in [1.54, 1.807) is 0 Å². The Kier molecular flexibility index (Phi) is 4.40. The zero-order valence-electron chi connectivity index (χ0n) is 12.1. The topological polar surface area (TPSA) is 73.1 Å². The summed E-state index contributed by atoms with van der Waals surface area (Å²) in [5, 5.41) is 3.20. The lowest BCUT2D eigenvalue weighted by Crippen LogP contribution is -2.10. The van der Waals surface area contributed by atoms with Gasteiger partial charge in [-0.05, 0) is 38.0 Å². The van der Waals surface area contributed by atoms with E-state index in [0.717, 1.165) is 12.1 Å². The van der Waals surface area contributed by atoms with Gasteiger partial charge in [0, 0.05) is 5.69 Å². The Labute approximate surface area is 119 Å². The van der Waals surface area contributed by atoms with Crippen molar-refractivity contribution >= 4 is 17.2 Å². The molecule has 1 heterocycles. The molecule has 1 aromatic carbocycles. The van der Waals surface area contributed by atoms with Crippen molar-refractivity contribution in [3.8, 4) is 5.88 Å². The Balaban J connectivity index is 2.24. The summed E-state index contributed by atoms with van der Waals surface area (Å²) in [7, 11) is 0. The van der Waals surface area contributed by atoms with Crippen molar-refractivity contribution in [3.05, 3.63) is 36.2 Å². The Morgan fingerprint density at radius 3 is 2.80 bits per heavy atom. The molecule has 0 amide bonds. The lowest BCUT2D eigenvalue weighted by Gasteiger charge is -2.14. The molecule has 0 radical (unpaired) electrons. The van der Waals surface area contributed by atoms with Crippen LogP contribution in [-0.4, -0.2) is 16.1 Å². The van der Waals surface area contributed by atoms with E-state index in [2.05, 4.69) is 34.3 Å². The van der Waals surface area contributed by atoms with Crippen LogP contribution < -0.4 is 15.8 Å². The average molecular weight is 272 g/mol. The number of aryl methyl sites for hydroxylation is 1. The third-order valence-corrected chi connectivity index (χ3v) is 2.79. The van der Waals surface area contributed by atoms with E-state index in [4.69, 9.17) is 10.5 Å². The number of rotatable bonds is 5. The van der Waals surface area contributed by atoms with Crippen LogP contribution in [0.2, 0.25) is 0 Å². The first kappa shape index (κ1) is 14.1. The first-order chi connectivity index (χ1) is 9.60. The molecule has 3 N–H and O–H groups in total. The van der Waals surface area contributed by atoms with Crippen LogP contribution in [0.15, 0.2) is 30.6 Å². The van der Waals surface area contributed by atoms with Gasteiger partial charge in [0.15, 0.2) is 5.82 Å². The minimum absolute atomic E-state index is 0.0171. The molecule has 0 fully saturated rings. The summed E-state index contributed by atoms with van der Waals surface area (Å²) in [5.74, 6) is 0.966. The minimum atomic E-state index is 0.0171. The number of nitrogen functional groups attached to an aromatic ring is 1. The molecule has 0 saturated carbocycles. The van der Waals surface area contributed by atoms with Crippen LogP contribution in [0.1, 0.15) is 26.3 Å². The maximum atomic E-state index is 6.04. The molecule has 2 aromatic rings. The molecule has 106 valence electrons. The van der Waals surface area contributed by atoms with Gasteiger partial charge in [0.2, 0.25) is 5.88 Å². The van der Waals surface area contributed by atoms with Crippen molar-refractivity contribution in [2.45, 2.75) is 33.3 Å². The van der Waals surface area contributed by atoms with Crippen molar-refractivity contribution in [1.29, 1.82) is 0 Å². The largest absolute Gasteiger partial charge is 0.473 e. The number of anilines is 3. The molecule has 20 heavy (non-hydrogen) atoms. The van der Waals surface area contributed by atoms with Crippen LogP contribution >= 0.6 is 0 Å². The van der Waals surface area contributed by atoms with Gasteiger partial charge in [-0.1, -0.05) is 19.1 Å². The predicted molar refractivity (Wildman–Crippen MR) is 81.3 cm³/mol. The van der Waals surface area contributed by atoms with Crippen molar-refractivity contribution in [2.75, 3.05) is 11.1 Å². The maximum absolute atomic E-state index is 6.04. The summed E-state index contributed by atoms with van der Waals surface area (Å²) in [5.41, 5.74) is 8.66. The third-order valence-electron chi connectivity index (χ3n) is 2.79. The van der Waals surface area contributed by atoms with Gasteiger partial charge in [-0.3, -0.25) is 0 Å². The summed E-state index contributed by atoms with van der Waals surface area (Å²) >= 11 is 0. The Morgan fingerprint density at radius 2 is 2.10 bits per heavy atom. The summed E-state index contributed by atoms with van der Waals surface area (Å²) in [6.45, 7) is 5.98. The van der Waals surface area contributed by atoms with E-state index in [1.165, 1.54) is 11.9 Å². The van der Waals surface area contributed by atoms with Crippen molar-refractivity contribution < 1.29 is 4.74 Å². The minimum Gasteiger partial charge on any atom is -0.473 e. The van der Waals surface area contributed by atoms with E-state index in [9.17, 15) is 0 Å². The van der Waals surface area contributed by atoms with Gasteiger partial charge in [0.25, 0.3) is 0 Å². The lowest BCUT2D eigenvalue weighted by molar-refractivity contribution is 0.234. The smallest absolute Gasteiger partial charge is 0.242 e. The molecule has 1 aromatic heterocycles. The van der Waals surface area contributed by atoms with Gasteiger partial charge in [0.05, 0.1) is 6.10 Å². The Bertz CT molecular complexity index is 584. The number of hydrogen-bond donors (Lipinski definition) is 2. The van der Waals surface area contributed by atoms with Crippen molar-refractivity contribution in [1.82, 2.24) is 9.97 Å². The second-order valence-electron chi connectivity index (χ2n) is 4.79. The third kappa shape index (κ3) is 3.38. The van der Waals surface area contributed by atoms with Crippen LogP contribution in [0.3, 0.4) is 0 Å². The van der Waals surface area contributed by atoms with Crippen LogP contribution in [0.25, 0.3) is 0 Å². The second-order valence-corrected chi connectivity index (χ2v) is 4.79. The summed E-state index contributed by atoms with van der Waals surface area (Å²) < 4.78 is 5.55. The highest BCUT2D eigenvalue weighted by Crippen LogP contribution is 2.28. The van der Waals surface area contributed by atoms with Gasteiger partial charge in [-0.15, -0.1) is 0 Å². The van der Waals surface area contributed by atoms with E-state index in [1.807, 2.05) is 26.0 Å². The summed E-state index contributed by atoms with van der Waals surface area (Å²) in [6, 6.07) is 8.14. The van der Waals surface area contributed by atoms with E-state index >= 15 is 0 Å². The molecular formula is C15H20N4O. The molecule has 0 bridgehead atoms. The van der Waals surface area contributed by atoms with Gasteiger partial charge >= 0.3 is 0 Å². The molecule has 5 heteroatoms. The standard InChI is InChI=1S/C15H20N4O/c1-4-11-6-5-7-12(8-11)19-14-13(16)15(18-9-17-14)20-10(2)3/h5-10H,4,16H2,1-3H3,(H,17,18,19). The first-order valence-electron chi connectivity index (χ1n) is 6.73. The van der Waals surface area contributed by atoms with Crippen LogP contribution in [0.4, 0.5) is 17.2 Å². The predicted octanol–water partition coefficient (Wildman–Crippen LogP) is 3.15. The average Bonchev–Trinajstić information content (AvgIpc) is 2.43. The fraction of sp³-hybridized carbons (Fsp3) is 0.333. The molecule has 0 atom stereocenters. The van der Waals surface area contributed by atoms with E-state index < -0.39 is 0 Å². The number of nitrogens with one attached hydrogen (secondary N) is 1. The molecule has 0 unspecified atom stereocenters. The van der Waals surface area contributed by atoms with Gasteiger partial charge in [-0.25, -0.2) is 4.98 Å². The van der Waals surface area contributed by atoms with Crippen LogP contribution in [0, 0.1) is 0 Å². The molecule has 0 aliphatic rings. The monoisotopic (exact) mass is 272 g/mol. The normalized spacial score (nSPS) is 10.6. The molecule has 0 spiro atoms. The fourth-order valence-corrected chi connectivity index (χ4v) is 1.80. The number of ether oxygens (including phenoxy) is 1. The van der Waals surface area contributed by atoms with Gasteiger partial charge < -0.3 is 15.8 Å². The molecule has 0 saturated heterocycles. The van der Waals surface area contributed by atoms with Crippen LogP contribution in [-0.2, 0) is 6.42 Å². The number of benzene rings is 1. The SMILES string of the molecule is CCc1cccc(Nc2ncnc(OC(C)C)c2N)c1. The van der Waals surface area contributed by atoms with Crippen molar-refractivity contribution in [3.63, 3.8) is 0 Å². The highest BCUT2D eigenvalue weighted by atomic mass is 16.5. The molecule has 5 nitrogen and oxygen atoms in total. The van der Waals surface area contributed by atoms with Crippen LogP contribution in [0.5, 0.6) is 5.88 Å². The summed E-state index contributed by atoms with van der Waals surface area (Å²) in [4.78, 5) is 8.23. The number of nitrogens with two attached hydrogens (primary N) is 1. The van der Waals surface area contributed by atoms with Gasteiger partial charge in [-0.2, -0.15) is 4.98 Å². The van der Waals surface area contributed by atoms with E-state index in [0.29, 0.717) is 17.4 Å². The Morgan fingerprint density at radius 1 is 1.30 bits per heavy atom. The first-order valence-corrected chi connectivity index (χ1v) is 6.73.